The molecular formula is C16H12O3. The van der Waals surface area contributed by atoms with Crippen molar-refractivity contribution >= 4 is 11.4 Å². The third-order valence-corrected chi connectivity index (χ3v) is 3.56. The molecule has 0 bridgehead atoms. The summed E-state index contributed by atoms with van der Waals surface area (Å²) in [4.78, 5) is 12.5. The van der Waals surface area contributed by atoms with Crippen molar-refractivity contribution in [2.24, 2.45) is 0 Å². The number of carbonyl (C=O) groups is 1. The van der Waals surface area contributed by atoms with Gasteiger partial charge in [0.15, 0.2) is 5.78 Å². The average Bonchev–Trinajstić information content (AvgIpc) is 2.40. The first kappa shape index (κ1) is 11.5. The van der Waals surface area contributed by atoms with Gasteiger partial charge in [-0.05, 0) is 23.6 Å². The molecule has 1 aliphatic carbocycles. The molecule has 94 valence electrons. The number of rotatable bonds is 0. The molecule has 0 spiro atoms. The molecule has 0 aromatic heterocycles. The summed E-state index contributed by atoms with van der Waals surface area (Å²) >= 11 is 0. The second-order valence-corrected chi connectivity index (χ2v) is 4.64. The molecule has 1 aliphatic rings. The second kappa shape index (κ2) is 3.72. The Bertz CT molecular complexity index is 742. The Labute approximate surface area is 110 Å². The van der Waals surface area contributed by atoms with Gasteiger partial charge in [0, 0.05) is 17.2 Å². The maximum atomic E-state index is 12.5. The molecule has 0 saturated heterocycles. The van der Waals surface area contributed by atoms with E-state index in [1.54, 1.807) is 19.1 Å². The molecule has 0 atom stereocenters. The van der Waals surface area contributed by atoms with Crippen LogP contribution in [0.15, 0.2) is 36.9 Å². The molecule has 0 amide bonds. The van der Waals surface area contributed by atoms with Crippen LogP contribution in [0.3, 0.4) is 0 Å². The topological polar surface area (TPSA) is 57.5 Å². The van der Waals surface area contributed by atoms with E-state index in [1.165, 1.54) is 6.07 Å². The zero-order chi connectivity index (χ0) is 13.7. The van der Waals surface area contributed by atoms with Crippen molar-refractivity contribution in [3.63, 3.8) is 0 Å². The Morgan fingerprint density at radius 2 is 1.63 bits per heavy atom. The van der Waals surface area contributed by atoms with Crippen LogP contribution in [-0.4, -0.2) is 16.0 Å². The lowest BCUT2D eigenvalue weighted by Gasteiger charge is -2.23. The first-order valence-electron chi connectivity index (χ1n) is 5.91. The Morgan fingerprint density at radius 3 is 2.32 bits per heavy atom. The monoisotopic (exact) mass is 252 g/mol. The smallest absolute Gasteiger partial charge is 0.198 e. The predicted octanol–water partition coefficient (Wildman–Crippen LogP) is 3.01. The van der Waals surface area contributed by atoms with E-state index in [0.717, 1.165) is 5.56 Å². The lowest BCUT2D eigenvalue weighted by Crippen LogP contribution is -2.15. The van der Waals surface area contributed by atoms with Crippen LogP contribution in [0.25, 0.3) is 5.57 Å². The summed E-state index contributed by atoms with van der Waals surface area (Å²) in [5.74, 6) is -0.484. The van der Waals surface area contributed by atoms with Gasteiger partial charge in [-0.25, -0.2) is 0 Å². The largest absolute Gasteiger partial charge is 0.508 e. The van der Waals surface area contributed by atoms with Crippen LogP contribution in [0.2, 0.25) is 0 Å². The van der Waals surface area contributed by atoms with Crippen LogP contribution < -0.4 is 0 Å². The van der Waals surface area contributed by atoms with Crippen molar-refractivity contribution in [2.75, 3.05) is 0 Å². The predicted molar refractivity (Wildman–Crippen MR) is 72.5 cm³/mol. The number of hydrogen-bond acceptors (Lipinski definition) is 3. The molecule has 0 unspecified atom stereocenters. The number of benzene rings is 2. The van der Waals surface area contributed by atoms with E-state index >= 15 is 0 Å². The summed E-state index contributed by atoms with van der Waals surface area (Å²) in [7, 11) is 0. The van der Waals surface area contributed by atoms with E-state index in [-0.39, 0.29) is 22.8 Å². The van der Waals surface area contributed by atoms with Crippen molar-refractivity contribution < 1.29 is 15.0 Å². The molecule has 0 aliphatic heterocycles. The fraction of sp³-hybridized carbons (Fsp3) is 0.0625. The summed E-state index contributed by atoms with van der Waals surface area (Å²) in [5.41, 5.74) is 3.23. The van der Waals surface area contributed by atoms with Crippen LogP contribution in [0.1, 0.15) is 32.6 Å². The fourth-order valence-corrected chi connectivity index (χ4v) is 2.57. The van der Waals surface area contributed by atoms with Crippen LogP contribution in [0.4, 0.5) is 0 Å². The summed E-state index contributed by atoms with van der Waals surface area (Å²) in [6.45, 7) is 5.71. The highest BCUT2D eigenvalue weighted by Gasteiger charge is 2.30. The number of carbonyl (C=O) groups excluding carboxylic acids is 1. The van der Waals surface area contributed by atoms with Crippen LogP contribution in [0.5, 0.6) is 11.5 Å². The summed E-state index contributed by atoms with van der Waals surface area (Å²) in [5, 5.41) is 19.7. The van der Waals surface area contributed by atoms with Gasteiger partial charge >= 0.3 is 0 Å². The van der Waals surface area contributed by atoms with Gasteiger partial charge < -0.3 is 10.2 Å². The Balaban J connectivity index is 2.43. The maximum absolute atomic E-state index is 12.5. The number of phenolic OH excluding ortho intramolecular Hbond substituents is 2. The molecular weight excluding hydrogens is 240 g/mol. The third kappa shape index (κ3) is 1.41. The molecule has 0 fully saturated rings. The number of ketones is 1. The molecule has 2 N–H and O–H groups in total. The van der Waals surface area contributed by atoms with Gasteiger partial charge in [0.25, 0.3) is 0 Å². The molecule has 3 nitrogen and oxygen atoms in total. The van der Waals surface area contributed by atoms with E-state index in [4.69, 9.17) is 0 Å². The van der Waals surface area contributed by atoms with Gasteiger partial charge in [0.2, 0.25) is 0 Å². The molecule has 3 heteroatoms. The first-order valence-corrected chi connectivity index (χ1v) is 5.91. The highest BCUT2D eigenvalue weighted by molar-refractivity contribution is 6.20. The van der Waals surface area contributed by atoms with Crippen molar-refractivity contribution in [1.82, 2.24) is 0 Å². The summed E-state index contributed by atoms with van der Waals surface area (Å²) < 4.78 is 0. The lowest BCUT2D eigenvalue weighted by molar-refractivity contribution is 0.103. The zero-order valence-electron chi connectivity index (χ0n) is 10.4. The lowest BCUT2D eigenvalue weighted by atomic mass is 9.79. The summed E-state index contributed by atoms with van der Waals surface area (Å²) in [6, 6.07) is 8.35. The molecule has 0 heterocycles. The van der Waals surface area contributed by atoms with Gasteiger partial charge in [-0.2, -0.15) is 0 Å². The maximum Gasteiger partial charge on any atom is 0.198 e. The van der Waals surface area contributed by atoms with Crippen molar-refractivity contribution in [3.05, 3.63) is 64.7 Å². The van der Waals surface area contributed by atoms with E-state index in [1.807, 2.05) is 12.1 Å². The molecule has 19 heavy (non-hydrogen) atoms. The van der Waals surface area contributed by atoms with E-state index < -0.39 is 0 Å². The SMILES string of the molecule is C=C1c2ccccc2C(=O)c2c(O)cc(O)c(C)c21. The van der Waals surface area contributed by atoms with Crippen LogP contribution in [-0.2, 0) is 0 Å². The highest BCUT2D eigenvalue weighted by atomic mass is 16.3. The number of aromatic hydroxyl groups is 2. The summed E-state index contributed by atoms with van der Waals surface area (Å²) in [6.07, 6.45) is 0. The van der Waals surface area contributed by atoms with Gasteiger partial charge in [0.1, 0.15) is 11.5 Å². The van der Waals surface area contributed by atoms with Crippen molar-refractivity contribution in [2.45, 2.75) is 6.92 Å². The van der Waals surface area contributed by atoms with Crippen molar-refractivity contribution in [3.8, 4) is 11.5 Å². The molecule has 2 aromatic rings. The number of hydrogen-bond donors (Lipinski definition) is 2. The minimum absolute atomic E-state index is 0.0374. The van der Waals surface area contributed by atoms with Gasteiger partial charge in [-0.3, -0.25) is 4.79 Å². The molecule has 0 saturated carbocycles. The third-order valence-electron chi connectivity index (χ3n) is 3.56. The zero-order valence-corrected chi connectivity index (χ0v) is 10.4. The normalized spacial score (nSPS) is 13.1. The highest BCUT2D eigenvalue weighted by Crippen LogP contribution is 2.43. The Morgan fingerprint density at radius 1 is 1.00 bits per heavy atom. The quantitative estimate of drug-likeness (QED) is 0.646. The second-order valence-electron chi connectivity index (χ2n) is 4.64. The molecule has 0 radical (unpaired) electrons. The van der Waals surface area contributed by atoms with E-state index in [0.29, 0.717) is 22.3 Å². The van der Waals surface area contributed by atoms with Gasteiger partial charge in [-0.1, -0.05) is 30.8 Å². The van der Waals surface area contributed by atoms with Gasteiger partial charge in [-0.15, -0.1) is 0 Å². The molecule has 2 aromatic carbocycles. The Hall–Kier alpha value is -2.55. The van der Waals surface area contributed by atoms with Crippen molar-refractivity contribution in [1.29, 1.82) is 0 Å². The van der Waals surface area contributed by atoms with Crippen LogP contribution in [0, 0.1) is 6.92 Å². The van der Waals surface area contributed by atoms with E-state index in [9.17, 15) is 15.0 Å². The minimum Gasteiger partial charge on any atom is -0.508 e. The molecule has 3 rings (SSSR count). The average molecular weight is 252 g/mol. The first-order chi connectivity index (χ1) is 9.02. The standard InChI is InChI=1S/C16H12O3/c1-8-10-5-3-4-6-11(10)16(19)15-13(18)7-12(17)9(2)14(8)15/h3-7,17-18H,1H2,2H3. The van der Waals surface area contributed by atoms with Crippen LogP contribution >= 0.6 is 0 Å². The fourth-order valence-electron chi connectivity index (χ4n) is 2.57. The number of phenols is 2. The number of fused-ring (bicyclic) bond motifs is 2. The Kier molecular flexibility index (Phi) is 2.26. The van der Waals surface area contributed by atoms with Gasteiger partial charge in [0.05, 0.1) is 5.56 Å². The minimum atomic E-state index is -0.237. The van der Waals surface area contributed by atoms with E-state index in [2.05, 4.69) is 6.58 Å².